The summed E-state index contributed by atoms with van der Waals surface area (Å²) < 4.78 is 28.5. The van der Waals surface area contributed by atoms with E-state index in [1.54, 1.807) is 55.0 Å². The topological polar surface area (TPSA) is 102 Å². The van der Waals surface area contributed by atoms with E-state index >= 15 is 0 Å². The highest BCUT2D eigenvalue weighted by molar-refractivity contribution is 5.97. The van der Waals surface area contributed by atoms with E-state index in [4.69, 9.17) is 0 Å². The number of aromatic nitrogens is 7. The maximum absolute atomic E-state index is 14.3. The predicted octanol–water partition coefficient (Wildman–Crippen LogP) is 6.50. The second kappa shape index (κ2) is 8.31. The van der Waals surface area contributed by atoms with Crippen molar-refractivity contribution in [1.29, 1.82) is 0 Å². The molecule has 0 spiro atoms. The van der Waals surface area contributed by atoms with Crippen molar-refractivity contribution < 1.29 is 8.78 Å². The van der Waals surface area contributed by atoms with E-state index in [1.165, 1.54) is 0 Å². The molecule has 0 radical (unpaired) electrons. The van der Waals surface area contributed by atoms with Crippen LogP contribution in [-0.2, 0) is 0 Å². The van der Waals surface area contributed by atoms with Crippen molar-refractivity contribution in [1.82, 2.24) is 35.1 Å². The molecular formula is C27H19F2N7. The number of rotatable bonds is 6. The normalized spacial score (nSPS) is 12.2. The number of aromatic amines is 4. The lowest BCUT2D eigenvalue weighted by Gasteiger charge is -1.94. The van der Waals surface area contributed by atoms with Gasteiger partial charge in [-0.15, -0.1) is 10.2 Å². The first-order chi connectivity index (χ1) is 17.6. The summed E-state index contributed by atoms with van der Waals surface area (Å²) in [6, 6.07) is 3.71. The van der Waals surface area contributed by atoms with E-state index in [2.05, 4.69) is 48.3 Å². The lowest BCUT2D eigenvalue weighted by Crippen LogP contribution is -1.80. The van der Waals surface area contributed by atoms with Gasteiger partial charge in [0.15, 0.2) is 0 Å². The highest BCUT2D eigenvalue weighted by Gasteiger charge is 2.15. The van der Waals surface area contributed by atoms with Crippen molar-refractivity contribution in [2.24, 2.45) is 0 Å². The molecule has 36 heavy (non-hydrogen) atoms. The first-order valence-corrected chi connectivity index (χ1v) is 11.1. The van der Waals surface area contributed by atoms with E-state index in [1.807, 2.05) is 12.1 Å². The van der Waals surface area contributed by atoms with Gasteiger partial charge in [-0.05, 0) is 48.6 Å². The smallest absolute Gasteiger partial charge is 0.201 e. The van der Waals surface area contributed by atoms with Gasteiger partial charge in [0.1, 0.15) is 5.69 Å². The SMILES string of the molecule is C=Cc1[nH]c2c[nH]c(F)c2c1/C=C/c1ccc2c(/C=C/c3c(C=C)[nH]c4c[nH]c(F)c34)nnc-2cn1. The minimum absolute atomic E-state index is 0.412. The molecule has 0 saturated carbocycles. The zero-order valence-corrected chi connectivity index (χ0v) is 18.9. The summed E-state index contributed by atoms with van der Waals surface area (Å²) in [6.07, 6.45) is 15.3. The summed E-state index contributed by atoms with van der Waals surface area (Å²) in [6.45, 7) is 7.60. The van der Waals surface area contributed by atoms with E-state index in [9.17, 15) is 8.78 Å². The van der Waals surface area contributed by atoms with Crippen LogP contribution in [0.3, 0.4) is 0 Å². The van der Waals surface area contributed by atoms with Crippen LogP contribution >= 0.6 is 0 Å². The van der Waals surface area contributed by atoms with Crippen LogP contribution in [-0.4, -0.2) is 35.1 Å². The number of nitrogens with one attached hydrogen (secondary N) is 4. The minimum Gasteiger partial charge on any atom is -0.353 e. The van der Waals surface area contributed by atoms with Gasteiger partial charge in [0.2, 0.25) is 11.9 Å². The number of hydrogen-bond acceptors (Lipinski definition) is 3. The first kappa shape index (κ1) is 21.5. The molecule has 4 aromatic heterocycles. The van der Waals surface area contributed by atoms with Gasteiger partial charge in [-0.25, -0.2) is 0 Å². The summed E-state index contributed by atoms with van der Waals surface area (Å²) in [5, 5.41) is 9.41. The monoisotopic (exact) mass is 479 g/mol. The molecule has 4 N–H and O–H groups in total. The Hall–Kier alpha value is -5.05. The minimum atomic E-state index is -0.418. The van der Waals surface area contributed by atoms with E-state index < -0.39 is 11.9 Å². The van der Waals surface area contributed by atoms with Crippen LogP contribution in [0.15, 0.2) is 43.9 Å². The van der Waals surface area contributed by atoms with Crippen LogP contribution in [0.4, 0.5) is 8.78 Å². The van der Waals surface area contributed by atoms with Crippen LogP contribution in [0.5, 0.6) is 0 Å². The summed E-state index contributed by atoms with van der Waals surface area (Å²) in [5.74, 6) is -0.830. The van der Waals surface area contributed by atoms with Crippen LogP contribution in [0.1, 0.15) is 33.9 Å². The third-order valence-electron chi connectivity index (χ3n) is 6.13. The summed E-state index contributed by atoms with van der Waals surface area (Å²) in [4.78, 5) is 15.9. The lowest BCUT2D eigenvalue weighted by molar-refractivity contribution is 0.601. The van der Waals surface area contributed by atoms with E-state index in [-0.39, 0.29) is 0 Å². The molecule has 0 unspecified atom stereocenters. The Morgan fingerprint density at radius 1 is 0.750 bits per heavy atom. The van der Waals surface area contributed by atoms with Gasteiger partial charge in [0.05, 0.1) is 39.4 Å². The molecule has 7 nitrogen and oxygen atoms in total. The fourth-order valence-electron chi connectivity index (χ4n) is 4.40. The number of nitrogens with zero attached hydrogens (tertiary/aromatic N) is 3. The highest BCUT2D eigenvalue weighted by Crippen LogP contribution is 2.30. The third-order valence-corrected chi connectivity index (χ3v) is 6.13. The van der Waals surface area contributed by atoms with Crippen LogP contribution in [0, 0.1) is 11.9 Å². The number of H-pyrrole nitrogens is 4. The van der Waals surface area contributed by atoms with Crippen molar-refractivity contribution >= 4 is 58.3 Å². The zero-order chi connectivity index (χ0) is 24.8. The quantitative estimate of drug-likeness (QED) is 0.219. The molecule has 0 saturated heterocycles. The van der Waals surface area contributed by atoms with E-state index in [0.29, 0.717) is 55.7 Å². The van der Waals surface area contributed by atoms with Gasteiger partial charge in [0, 0.05) is 40.5 Å². The molecule has 0 aliphatic carbocycles. The van der Waals surface area contributed by atoms with Crippen LogP contribution < -0.4 is 0 Å². The molecule has 4 aromatic rings. The summed E-state index contributed by atoms with van der Waals surface area (Å²) in [5.41, 5.74) is 6.77. The molecule has 176 valence electrons. The van der Waals surface area contributed by atoms with Gasteiger partial charge in [-0.2, -0.15) is 8.78 Å². The number of hydrogen-bond donors (Lipinski definition) is 4. The second-order valence-electron chi connectivity index (χ2n) is 8.16. The van der Waals surface area contributed by atoms with Crippen molar-refractivity contribution in [3.63, 3.8) is 0 Å². The zero-order valence-electron chi connectivity index (χ0n) is 18.9. The van der Waals surface area contributed by atoms with Gasteiger partial charge in [-0.1, -0.05) is 13.2 Å². The highest BCUT2D eigenvalue weighted by atomic mass is 19.1. The molecule has 6 heterocycles. The van der Waals surface area contributed by atoms with Gasteiger partial charge in [0.25, 0.3) is 0 Å². The molecule has 6 rings (SSSR count). The average Bonchev–Trinajstić information content (AvgIpc) is 3.66. The molecular weight excluding hydrogens is 460 g/mol. The number of fused-ring (bicyclic) bond motifs is 3. The Morgan fingerprint density at radius 2 is 1.36 bits per heavy atom. The van der Waals surface area contributed by atoms with Crippen molar-refractivity contribution in [2.75, 3.05) is 0 Å². The third kappa shape index (κ3) is 3.37. The van der Waals surface area contributed by atoms with Crippen molar-refractivity contribution in [2.45, 2.75) is 0 Å². The van der Waals surface area contributed by atoms with Gasteiger partial charge < -0.3 is 19.9 Å². The second-order valence-corrected chi connectivity index (χ2v) is 8.16. The van der Waals surface area contributed by atoms with Gasteiger partial charge in [-0.3, -0.25) is 4.98 Å². The summed E-state index contributed by atoms with van der Waals surface area (Å²) in [7, 11) is 0. The largest absolute Gasteiger partial charge is 0.353 e. The molecule has 0 amide bonds. The Labute approximate surface area is 203 Å². The van der Waals surface area contributed by atoms with Crippen molar-refractivity contribution in [3.05, 3.63) is 89.7 Å². The summed E-state index contributed by atoms with van der Waals surface area (Å²) >= 11 is 0. The van der Waals surface area contributed by atoms with Gasteiger partial charge >= 0.3 is 0 Å². The maximum atomic E-state index is 14.3. The average molecular weight is 479 g/mol. The molecule has 0 fully saturated rings. The number of halogens is 2. The van der Waals surface area contributed by atoms with E-state index in [0.717, 1.165) is 11.3 Å². The molecule has 2 aliphatic rings. The Kier molecular flexibility index (Phi) is 4.96. The molecule has 0 atom stereocenters. The van der Waals surface area contributed by atoms with Crippen molar-refractivity contribution in [3.8, 4) is 11.3 Å². The maximum Gasteiger partial charge on any atom is 0.201 e. The fraction of sp³-hybridized carbons (Fsp3) is 0. The Bertz CT molecular complexity index is 1810. The van der Waals surface area contributed by atoms with Crippen LogP contribution in [0.25, 0.3) is 69.5 Å². The fourth-order valence-corrected chi connectivity index (χ4v) is 4.40. The Balaban J connectivity index is 1.35. The Morgan fingerprint density at radius 3 is 1.97 bits per heavy atom. The lowest BCUT2D eigenvalue weighted by atomic mass is 10.1. The molecule has 0 bridgehead atoms. The molecule has 2 aliphatic heterocycles. The standard InChI is InChI=1S/C27H19F2N7/c1-3-18-16(24-22(33-18)12-31-26(24)28)8-6-14-5-7-15-20(35-36-21(15)11-30-14)10-9-17-19(4-2)34-23-13-32-27(29)25(17)23/h3-13,31-34H,1-2H2/b8-6+,10-9+. The molecule has 0 aromatic carbocycles. The first-order valence-electron chi connectivity index (χ1n) is 11.1. The van der Waals surface area contributed by atoms with Crippen LogP contribution in [0.2, 0.25) is 0 Å². The predicted molar refractivity (Wildman–Crippen MR) is 140 cm³/mol. The molecule has 9 heteroatoms.